The van der Waals surface area contributed by atoms with Crippen molar-refractivity contribution in [2.75, 3.05) is 26.1 Å². The highest BCUT2D eigenvalue weighted by Gasteiger charge is 2.03. The van der Waals surface area contributed by atoms with Crippen molar-refractivity contribution in [3.8, 4) is 11.5 Å². The van der Waals surface area contributed by atoms with Crippen LogP contribution in [-0.2, 0) is 0 Å². The lowest BCUT2D eigenvalue weighted by molar-refractivity contribution is 0.412. The van der Waals surface area contributed by atoms with Crippen LogP contribution in [0.2, 0.25) is 0 Å². The highest BCUT2D eigenvalue weighted by molar-refractivity contribution is 6.03. The zero-order chi connectivity index (χ0) is 18.5. The largest absolute Gasteiger partial charge is 0.508 e. The number of benzene rings is 4. The second-order valence-electron chi connectivity index (χ2n) is 6.29. The molecule has 4 aromatic carbocycles. The highest BCUT2D eigenvalue weighted by atomic mass is 16.5. The summed E-state index contributed by atoms with van der Waals surface area (Å²) in [5.74, 6) is 1.02. The quantitative estimate of drug-likeness (QED) is 0.490. The number of hydrogen-bond donors (Lipinski definition) is 1. The topological polar surface area (TPSA) is 32.7 Å². The van der Waals surface area contributed by atoms with E-state index in [-0.39, 0.29) is 5.75 Å². The SMILES string of the molecule is CN(C)c1cccc2cc3ccccc3cc12.COc1ccc(O)cc1. The molecule has 4 aromatic rings. The molecule has 0 heterocycles. The Morgan fingerprint density at radius 2 is 1.35 bits per heavy atom. The first-order valence-corrected chi connectivity index (χ1v) is 8.50. The van der Waals surface area contributed by atoms with Crippen molar-refractivity contribution in [1.29, 1.82) is 0 Å². The van der Waals surface area contributed by atoms with Gasteiger partial charge in [-0.2, -0.15) is 0 Å². The molecule has 0 spiro atoms. The molecule has 0 fully saturated rings. The number of hydrogen-bond acceptors (Lipinski definition) is 3. The number of phenols is 1. The van der Waals surface area contributed by atoms with E-state index in [0.717, 1.165) is 5.75 Å². The van der Waals surface area contributed by atoms with Crippen molar-refractivity contribution >= 4 is 27.2 Å². The van der Waals surface area contributed by atoms with E-state index in [1.165, 1.54) is 27.2 Å². The summed E-state index contributed by atoms with van der Waals surface area (Å²) < 4.78 is 4.86. The number of phenolic OH excluding ortho intramolecular Hbond substituents is 1. The number of anilines is 1. The fraction of sp³-hybridized carbons (Fsp3) is 0.130. The third-order valence-corrected chi connectivity index (χ3v) is 4.28. The van der Waals surface area contributed by atoms with Gasteiger partial charge in [0.05, 0.1) is 7.11 Å². The lowest BCUT2D eigenvalue weighted by Crippen LogP contribution is -2.08. The maximum atomic E-state index is 8.80. The van der Waals surface area contributed by atoms with E-state index >= 15 is 0 Å². The third kappa shape index (κ3) is 3.89. The molecular weight excluding hydrogens is 322 g/mol. The van der Waals surface area contributed by atoms with Crippen LogP contribution in [0.3, 0.4) is 0 Å². The smallest absolute Gasteiger partial charge is 0.119 e. The fourth-order valence-electron chi connectivity index (χ4n) is 2.92. The summed E-state index contributed by atoms with van der Waals surface area (Å²) in [6.45, 7) is 0. The molecule has 0 aliphatic rings. The predicted octanol–water partition coefficient (Wildman–Crippen LogP) is 5.46. The summed E-state index contributed by atoms with van der Waals surface area (Å²) in [6, 6.07) is 26.1. The Bertz CT molecular complexity index is 1010. The molecule has 0 bridgehead atoms. The molecule has 0 aliphatic heterocycles. The summed E-state index contributed by atoms with van der Waals surface area (Å²) in [5.41, 5.74) is 1.27. The number of nitrogens with zero attached hydrogens (tertiary/aromatic N) is 1. The molecule has 0 unspecified atom stereocenters. The number of aromatic hydroxyl groups is 1. The first-order valence-electron chi connectivity index (χ1n) is 8.50. The van der Waals surface area contributed by atoms with Gasteiger partial charge in [-0.15, -0.1) is 0 Å². The van der Waals surface area contributed by atoms with Crippen LogP contribution in [0.4, 0.5) is 5.69 Å². The molecule has 4 rings (SSSR count). The summed E-state index contributed by atoms with van der Waals surface area (Å²) in [4.78, 5) is 2.16. The predicted molar refractivity (Wildman–Crippen MR) is 110 cm³/mol. The van der Waals surface area contributed by atoms with Gasteiger partial charge < -0.3 is 14.7 Å². The molecule has 0 aromatic heterocycles. The second kappa shape index (κ2) is 7.79. The Labute approximate surface area is 154 Å². The van der Waals surface area contributed by atoms with Gasteiger partial charge in [-0.25, -0.2) is 0 Å². The van der Waals surface area contributed by atoms with E-state index in [2.05, 4.69) is 73.6 Å². The van der Waals surface area contributed by atoms with Crippen molar-refractivity contribution in [2.45, 2.75) is 0 Å². The van der Waals surface area contributed by atoms with Gasteiger partial charge in [-0.05, 0) is 58.6 Å². The Kier molecular flexibility index (Phi) is 5.28. The molecule has 0 aliphatic carbocycles. The Morgan fingerprint density at radius 1 is 0.731 bits per heavy atom. The fourth-order valence-corrected chi connectivity index (χ4v) is 2.92. The minimum absolute atomic E-state index is 0.260. The maximum absolute atomic E-state index is 8.80. The van der Waals surface area contributed by atoms with E-state index in [4.69, 9.17) is 9.84 Å². The molecule has 0 saturated heterocycles. The second-order valence-corrected chi connectivity index (χ2v) is 6.29. The lowest BCUT2D eigenvalue weighted by atomic mass is 10.0. The standard InChI is InChI=1S/C16H15N.C7H8O2/c1-17(2)16-9-5-8-14-10-12-6-3-4-7-13(12)11-15(14)16;1-9-7-4-2-6(8)3-5-7/h3-11H,1-2H3;2-5,8H,1H3. The molecular formula is C23H23NO2. The van der Waals surface area contributed by atoms with Gasteiger partial charge in [-0.3, -0.25) is 0 Å². The number of ether oxygens (including phenoxy) is 1. The van der Waals surface area contributed by atoms with Crippen molar-refractivity contribution in [3.05, 3.63) is 78.9 Å². The summed E-state index contributed by atoms with van der Waals surface area (Å²) in [5, 5.41) is 14.0. The normalized spacial score (nSPS) is 10.3. The minimum atomic E-state index is 0.260. The summed E-state index contributed by atoms with van der Waals surface area (Å²) >= 11 is 0. The van der Waals surface area contributed by atoms with E-state index in [1.54, 1.807) is 31.4 Å². The van der Waals surface area contributed by atoms with Crippen LogP contribution in [-0.4, -0.2) is 26.3 Å². The molecule has 3 nitrogen and oxygen atoms in total. The van der Waals surface area contributed by atoms with Crippen molar-refractivity contribution in [1.82, 2.24) is 0 Å². The van der Waals surface area contributed by atoms with Crippen LogP contribution in [0.25, 0.3) is 21.5 Å². The van der Waals surface area contributed by atoms with Gasteiger partial charge >= 0.3 is 0 Å². The maximum Gasteiger partial charge on any atom is 0.119 e. The van der Waals surface area contributed by atoms with Crippen LogP contribution in [0.15, 0.2) is 78.9 Å². The molecule has 26 heavy (non-hydrogen) atoms. The average Bonchev–Trinajstić information content (AvgIpc) is 2.67. The van der Waals surface area contributed by atoms with E-state index in [9.17, 15) is 0 Å². The van der Waals surface area contributed by atoms with Crippen LogP contribution >= 0.6 is 0 Å². The van der Waals surface area contributed by atoms with Crippen LogP contribution < -0.4 is 9.64 Å². The Balaban J connectivity index is 0.000000185. The third-order valence-electron chi connectivity index (χ3n) is 4.28. The first kappa shape index (κ1) is 17.6. The molecule has 0 amide bonds. The number of methoxy groups -OCH3 is 1. The average molecular weight is 345 g/mol. The van der Waals surface area contributed by atoms with Gasteiger partial charge in [0.2, 0.25) is 0 Å². The minimum Gasteiger partial charge on any atom is -0.508 e. The zero-order valence-corrected chi connectivity index (χ0v) is 15.3. The molecule has 1 N–H and O–H groups in total. The van der Waals surface area contributed by atoms with Gasteiger partial charge in [0.1, 0.15) is 11.5 Å². The highest BCUT2D eigenvalue weighted by Crippen LogP contribution is 2.29. The first-order chi connectivity index (χ1) is 12.6. The van der Waals surface area contributed by atoms with E-state index < -0.39 is 0 Å². The van der Waals surface area contributed by atoms with E-state index in [1.807, 2.05) is 0 Å². The summed E-state index contributed by atoms with van der Waals surface area (Å²) in [6.07, 6.45) is 0. The Hall–Kier alpha value is -3.20. The van der Waals surface area contributed by atoms with Gasteiger partial charge in [0.15, 0.2) is 0 Å². The molecule has 0 atom stereocenters. The van der Waals surface area contributed by atoms with Crippen molar-refractivity contribution < 1.29 is 9.84 Å². The number of fused-ring (bicyclic) bond motifs is 2. The molecule has 3 heteroatoms. The molecule has 0 radical (unpaired) electrons. The lowest BCUT2D eigenvalue weighted by Gasteiger charge is -2.15. The molecule has 0 saturated carbocycles. The van der Waals surface area contributed by atoms with Gasteiger partial charge in [-0.1, -0.05) is 36.4 Å². The van der Waals surface area contributed by atoms with Crippen LogP contribution in [0, 0.1) is 0 Å². The van der Waals surface area contributed by atoms with Gasteiger partial charge in [0, 0.05) is 25.2 Å². The van der Waals surface area contributed by atoms with Crippen molar-refractivity contribution in [3.63, 3.8) is 0 Å². The van der Waals surface area contributed by atoms with E-state index in [0.29, 0.717) is 0 Å². The Morgan fingerprint density at radius 3 is 1.96 bits per heavy atom. The van der Waals surface area contributed by atoms with Crippen molar-refractivity contribution in [2.24, 2.45) is 0 Å². The summed E-state index contributed by atoms with van der Waals surface area (Å²) in [7, 11) is 5.76. The van der Waals surface area contributed by atoms with Crippen LogP contribution in [0.5, 0.6) is 11.5 Å². The van der Waals surface area contributed by atoms with Crippen LogP contribution in [0.1, 0.15) is 0 Å². The monoisotopic (exact) mass is 345 g/mol. The molecule has 132 valence electrons. The number of rotatable bonds is 2. The van der Waals surface area contributed by atoms with Gasteiger partial charge in [0.25, 0.3) is 0 Å². The zero-order valence-electron chi connectivity index (χ0n) is 15.3.